The van der Waals surface area contributed by atoms with E-state index in [4.69, 9.17) is 16.3 Å². The fourth-order valence-corrected chi connectivity index (χ4v) is 2.18. The Morgan fingerprint density at radius 3 is 2.56 bits per heavy atom. The fourth-order valence-electron chi connectivity index (χ4n) is 1.99. The van der Waals surface area contributed by atoms with Crippen molar-refractivity contribution in [1.29, 1.82) is 0 Å². The van der Waals surface area contributed by atoms with E-state index < -0.39 is 28.6 Å². The third-order valence-electron chi connectivity index (χ3n) is 3.34. The van der Waals surface area contributed by atoms with E-state index in [1.807, 2.05) is 30.3 Å². The second kappa shape index (κ2) is 8.25. The van der Waals surface area contributed by atoms with Gasteiger partial charge in [-0.15, -0.1) is 0 Å². The number of nitrogens with one attached hydrogen (secondary N) is 1. The van der Waals surface area contributed by atoms with Gasteiger partial charge in [-0.25, -0.2) is 4.79 Å². The van der Waals surface area contributed by atoms with E-state index in [0.29, 0.717) is 6.54 Å². The largest absolute Gasteiger partial charge is 0.449 e. The Kier molecular flexibility index (Phi) is 6.08. The lowest BCUT2D eigenvalue weighted by Crippen LogP contribution is -2.35. The molecular weight excluding hydrogens is 348 g/mol. The van der Waals surface area contributed by atoms with E-state index in [1.165, 1.54) is 19.1 Å². The Labute approximate surface area is 148 Å². The molecule has 0 saturated carbocycles. The molecular formula is C17H15ClN2O5. The van der Waals surface area contributed by atoms with Crippen molar-refractivity contribution < 1.29 is 19.2 Å². The highest BCUT2D eigenvalue weighted by Crippen LogP contribution is 2.25. The quantitative estimate of drug-likeness (QED) is 0.483. The molecule has 0 fully saturated rings. The van der Waals surface area contributed by atoms with E-state index in [2.05, 4.69) is 5.32 Å². The first kappa shape index (κ1) is 18.4. The normalized spacial score (nSPS) is 11.4. The summed E-state index contributed by atoms with van der Waals surface area (Å²) in [6, 6.07) is 12.8. The third-order valence-corrected chi connectivity index (χ3v) is 3.66. The van der Waals surface area contributed by atoms with Gasteiger partial charge in [0.25, 0.3) is 11.6 Å². The molecule has 2 aromatic carbocycles. The number of halogens is 1. The number of rotatable bonds is 6. The molecule has 0 aliphatic heterocycles. The maximum Gasteiger partial charge on any atom is 0.339 e. The second-order valence-electron chi connectivity index (χ2n) is 5.17. The molecule has 0 aliphatic rings. The van der Waals surface area contributed by atoms with E-state index in [0.717, 1.165) is 11.6 Å². The zero-order chi connectivity index (χ0) is 18.4. The van der Waals surface area contributed by atoms with E-state index in [9.17, 15) is 19.7 Å². The number of nitro groups is 1. The second-order valence-corrected chi connectivity index (χ2v) is 5.58. The standard InChI is InChI=1S/C17H15ClN2O5/c1-11(16(21)19-10-12-5-3-2-4-6-12)25-17(22)13-7-8-14(18)15(9-13)20(23)24/h2-9,11H,10H2,1H3,(H,19,21). The number of hydrogen-bond acceptors (Lipinski definition) is 5. The number of nitro benzene ring substituents is 1. The van der Waals surface area contributed by atoms with Gasteiger partial charge in [0.2, 0.25) is 0 Å². The molecule has 1 N–H and O–H groups in total. The molecule has 0 spiro atoms. The van der Waals surface area contributed by atoms with Gasteiger partial charge in [-0.05, 0) is 24.6 Å². The molecule has 0 saturated heterocycles. The van der Waals surface area contributed by atoms with Gasteiger partial charge in [-0.2, -0.15) is 0 Å². The highest BCUT2D eigenvalue weighted by Gasteiger charge is 2.21. The van der Waals surface area contributed by atoms with Gasteiger partial charge in [-0.3, -0.25) is 14.9 Å². The minimum atomic E-state index is -1.05. The van der Waals surface area contributed by atoms with Crippen LogP contribution in [0.15, 0.2) is 48.5 Å². The minimum absolute atomic E-state index is 0.0567. The number of hydrogen-bond donors (Lipinski definition) is 1. The summed E-state index contributed by atoms with van der Waals surface area (Å²) in [5.41, 5.74) is 0.443. The van der Waals surface area contributed by atoms with Crippen LogP contribution in [-0.2, 0) is 16.1 Å². The minimum Gasteiger partial charge on any atom is -0.449 e. The maximum atomic E-state index is 12.1. The molecule has 1 amide bonds. The number of amides is 1. The van der Waals surface area contributed by atoms with Crippen molar-refractivity contribution in [2.45, 2.75) is 19.6 Å². The Balaban J connectivity index is 1.96. The third kappa shape index (κ3) is 5.02. The number of esters is 1. The van der Waals surface area contributed by atoms with E-state index in [-0.39, 0.29) is 10.6 Å². The molecule has 0 aromatic heterocycles. The topological polar surface area (TPSA) is 98.5 Å². The zero-order valence-electron chi connectivity index (χ0n) is 13.3. The van der Waals surface area contributed by atoms with Crippen LogP contribution in [0.3, 0.4) is 0 Å². The molecule has 2 rings (SSSR count). The molecule has 0 bridgehead atoms. The van der Waals surface area contributed by atoms with Gasteiger partial charge < -0.3 is 10.1 Å². The molecule has 8 heteroatoms. The monoisotopic (exact) mass is 362 g/mol. The number of carbonyl (C=O) groups is 2. The summed E-state index contributed by atoms with van der Waals surface area (Å²) in [6.07, 6.45) is -1.05. The van der Waals surface area contributed by atoms with Crippen LogP contribution in [-0.4, -0.2) is 22.9 Å². The highest BCUT2D eigenvalue weighted by molar-refractivity contribution is 6.32. The molecule has 0 heterocycles. The van der Waals surface area contributed by atoms with Crippen LogP contribution in [0.5, 0.6) is 0 Å². The van der Waals surface area contributed by atoms with Gasteiger partial charge >= 0.3 is 5.97 Å². The number of carbonyl (C=O) groups excluding carboxylic acids is 2. The van der Waals surface area contributed by atoms with Gasteiger partial charge in [0.05, 0.1) is 10.5 Å². The summed E-state index contributed by atoms with van der Waals surface area (Å²) in [4.78, 5) is 34.2. The Morgan fingerprint density at radius 1 is 1.24 bits per heavy atom. The molecule has 2 aromatic rings. The first-order valence-electron chi connectivity index (χ1n) is 7.35. The van der Waals surface area contributed by atoms with Gasteiger partial charge in [0.15, 0.2) is 6.10 Å². The molecule has 130 valence electrons. The number of nitrogens with zero attached hydrogens (tertiary/aromatic N) is 1. The molecule has 1 atom stereocenters. The van der Waals surface area contributed by atoms with Crippen LogP contribution in [0, 0.1) is 10.1 Å². The van der Waals surface area contributed by atoms with Crippen LogP contribution >= 0.6 is 11.6 Å². The predicted molar refractivity (Wildman–Crippen MR) is 91.3 cm³/mol. The predicted octanol–water partition coefficient (Wildman–Crippen LogP) is 3.11. The Morgan fingerprint density at radius 2 is 1.92 bits per heavy atom. The first-order valence-corrected chi connectivity index (χ1v) is 7.73. The van der Waals surface area contributed by atoms with Crippen molar-refractivity contribution in [2.24, 2.45) is 0 Å². The lowest BCUT2D eigenvalue weighted by atomic mass is 10.2. The van der Waals surface area contributed by atoms with E-state index >= 15 is 0 Å². The fraction of sp³-hybridized carbons (Fsp3) is 0.176. The maximum absolute atomic E-state index is 12.1. The summed E-state index contributed by atoms with van der Waals surface area (Å²) in [6.45, 7) is 1.72. The smallest absolute Gasteiger partial charge is 0.339 e. The lowest BCUT2D eigenvalue weighted by Gasteiger charge is -2.13. The highest BCUT2D eigenvalue weighted by atomic mass is 35.5. The molecule has 25 heavy (non-hydrogen) atoms. The van der Waals surface area contributed by atoms with Crippen molar-refractivity contribution in [1.82, 2.24) is 5.32 Å². The van der Waals surface area contributed by atoms with Crippen molar-refractivity contribution in [3.05, 3.63) is 74.8 Å². The lowest BCUT2D eigenvalue weighted by molar-refractivity contribution is -0.384. The number of ether oxygens (including phenoxy) is 1. The van der Waals surface area contributed by atoms with E-state index in [1.54, 1.807) is 0 Å². The van der Waals surface area contributed by atoms with Crippen molar-refractivity contribution in [3.63, 3.8) is 0 Å². The van der Waals surface area contributed by atoms with Crippen molar-refractivity contribution in [3.8, 4) is 0 Å². The van der Waals surface area contributed by atoms with Gasteiger partial charge in [0, 0.05) is 12.6 Å². The molecule has 0 aliphatic carbocycles. The first-order chi connectivity index (χ1) is 11.9. The molecule has 7 nitrogen and oxygen atoms in total. The Hall–Kier alpha value is -2.93. The Bertz CT molecular complexity index is 795. The van der Waals surface area contributed by atoms with Crippen molar-refractivity contribution in [2.75, 3.05) is 0 Å². The zero-order valence-corrected chi connectivity index (χ0v) is 14.0. The van der Waals surface area contributed by atoms with Gasteiger partial charge in [-0.1, -0.05) is 41.9 Å². The summed E-state index contributed by atoms with van der Waals surface area (Å²) in [5, 5.41) is 13.4. The summed E-state index contributed by atoms with van der Waals surface area (Å²) < 4.78 is 5.04. The molecule has 1 unspecified atom stereocenters. The SMILES string of the molecule is CC(OC(=O)c1ccc(Cl)c([N+](=O)[O-])c1)C(=O)NCc1ccccc1. The van der Waals surface area contributed by atoms with Crippen LogP contribution < -0.4 is 5.32 Å². The summed E-state index contributed by atoms with van der Waals surface area (Å²) in [5.74, 6) is -1.32. The summed E-state index contributed by atoms with van der Waals surface area (Å²) >= 11 is 5.69. The van der Waals surface area contributed by atoms with Crippen LogP contribution in [0.2, 0.25) is 5.02 Å². The average Bonchev–Trinajstić information content (AvgIpc) is 2.60. The van der Waals surface area contributed by atoms with Crippen LogP contribution in [0.1, 0.15) is 22.8 Å². The number of benzene rings is 2. The van der Waals surface area contributed by atoms with Crippen LogP contribution in [0.4, 0.5) is 5.69 Å². The summed E-state index contributed by atoms with van der Waals surface area (Å²) in [7, 11) is 0. The van der Waals surface area contributed by atoms with Crippen LogP contribution in [0.25, 0.3) is 0 Å². The molecule has 0 radical (unpaired) electrons. The van der Waals surface area contributed by atoms with Crippen molar-refractivity contribution >= 4 is 29.2 Å². The van der Waals surface area contributed by atoms with Gasteiger partial charge in [0.1, 0.15) is 5.02 Å². The average molecular weight is 363 g/mol.